The average molecular weight is 406 g/mol. The number of hydrogen-bond acceptors (Lipinski definition) is 3. The van der Waals surface area contributed by atoms with Crippen molar-refractivity contribution in [2.45, 2.75) is 12.8 Å². The van der Waals surface area contributed by atoms with E-state index in [-0.39, 0.29) is 17.4 Å². The Kier molecular flexibility index (Phi) is 5.88. The van der Waals surface area contributed by atoms with Crippen LogP contribution in [0.4, 0.5) is 4.39 Å². The molecular formula is C23H23FN4O2. The maximum Gasteiger partial charge on any atom is 0.256 e. The van der Waals surface area contributed by atoms with E-state index >= 15 is 0 Å². The van der Waals surface area contributed by atoms with Crippen LogP contribution in [0.5, 0.6) is 0 Å². The lowest BCUT2D eigenvalue weighted by Crippen LogP contribution is -2.38. The summed E-state index contributed by atoms with van der Waals surface area (Å²) >= 11 is 0. The number of hydrogen-bond donors (Lipinski definition) is 0. The lowest BCUT2D eigenvalue weighted by Gasteiger charge is -2.22. The van der Waals surface area contributed by atoms with Gasteiger partial charge in [0.25, 0.3) is 5.91 Å². The monoisotopic (exact) mass is 406 g/mol. The molecule has 2 aromatic carbocycles. The predicted octanol–water partition coefficient (Wildman–Crippen LogP) is 2.93. The number of carbonyl (C=O) groups is 2. The highest BCUT2D eigenvalue weighted by Gasteiger charge is 2.24. The van der Waals surface area contributed by atoms with E-state index in [1.54, 1.807) is 32.8 Å². The van der Waals surface area contributed by atoms with Gasteiger partial charge < -0.3 is 9.80 Å². The first kappa shape index (κ1) is 19.8. The fourth-order valence-electron chi connectivity index (χ4n) is 3.65. The molecule has 1 aliphatic rings. The third kappa shape index (κ3) is 4.40. The maximum absolute atomic E-state index is 13.9. The van der Waals surface area contributed by atoms with Gasteiger partial charge in [-0.05, 0) is 42.3 Å². The molecule has 1 aromatic heterocycles. The number of rotatable bonds is 4. The molecule has 0 bridgehead atoms. The molecule has 0 unspecified atom stereocenters. The molecule has 7 heteroatoms. The summed E-state index contributed by atoms with van der Waals surface area (Å²) in [5, 5.41) is 4.20. The fraction of sp³-hybridized carbons (Fsp3) is 0.261. The van der Waals surface area contributed by atoms with Gasteiger partial charge in [0.2, 0.25) is 5.91 Å². The van der Waals surface area contributed by atoms with Gasteiger partial charge in [-0.15, -0.1) is 0 Å². The van der Waals surface area contributed by atoms with Crippen LogP contribution in [0.2, 0.25) is 0 Å². The topological polar surface area (TPSA) is 58.4 Å². The van der Waals surface area contributed by atoms with Gasteiger partial charge >= 0.3 is 0 Å². The first-order valence-corrected chi connectivity index (χ1v) is 10.0. The van der Waals surface area contributed by atoms with E-state index < -0.39 is 5.82 Å². The summed E-state index contributed by atoms with van der Waals surface area (Å²) in [6.45, 7) is 1.95. The van der Waals surface area contributed by atoms with E-state index in [2.05, 4.69) is 5.10 Å². The molecule has 154 valence electrons. The smallest absolute Gasteiger partial charge is 0.256 e. The van der Waals surface area contributed by atoms with Crippen LogP contribution in [0.25, 0.3) is 5.69 Å². The molecule has 4 rings (SSSR count). The molecular weight excluding hydrogens is 383 g/mol. The van der Waals surface area contributed by atoms with Crippen molar-refractivity contribution >= 4 is 11.8 Å². The Hall–Kier alpha value is -3.48. The fourth-order valence-corrected chi connectivity index (χ4v) is 3.65. The van der Waals surface area contributed by atoms with Crippen molar-refractivity contribution < 1.29 is 14.0 Å². The Morgan fingerprint density at radius 3 is 2.37 bits per heavy atom. The van der Waals surface area contributed by atoms with E-state index in [1.807, 2.05) is 36.5 Å². The zero-order valence-corrected chi connectivity index (χ0v) is 16.6. The second-order valence-corrected chi connectivity index (χ2v) is 7.30. The third-order valence-electron chi connectivity index (χ3n) is 5.30. The summed E-state index contributed by atoms with van der Waals surface area (Å²) in [5.41, 5.74) is 1.95. The molecule has 1 aliphatic heterocycles. The summed E-state index contributed by atoms with van der Waals surface area (Å²) in [6, 6.07) is 15.6. The Labute approximate surface area is 174 Å². The molecule has 0 saturated carbocycles. The molecule has 0 aliphatic carbocycles. The zero-order chi connectivity index (χ0) is 20.9. The summed E-state index contributed by atoms with van der Waals surface area (Å²) in [4.78, 5) is 28.8. The van der Waals surface area contributed by atoms with Gasteiger partial charge in [0.15, 0.2) is 0 Å². The maximum atomic E-state index is 13.9. The molecule has 30 heavy (non-hydrogen) atoms. The van der Waals surface area contributed by atoms with Crippen molar-refractivity contribution in [3.63, 3.8) is 0 Å². The van der Waals surface area contributed by atoms with Gasteiger partial charge in [-0.2, -0.15) is 5.10 Å². The van der Waals surface area contributed by atoms with Crippen LogP contribution in [0.15, 0.2) is 67.0 Å². The largest absolute Gasteiger partial charge is 0.341 e. The van der Waals surface area contributed by atoms with Crippen LogP contribution < -0.4 is 0 Å². The SMILES string of the molecule is O=C(Cc1ccc(-n2cccn2)cc1)N1CCCN(C(=O)c2ccccc2F)CC1. The summed E-state index contributed by atoms with van der Waals surface area (Å²) in [5.74, 6) is -0.808. The van der Waals surface area contributed by atoms with Crippen molar-refractivity contribution in [1.82, 2.24) is 19.6 Å². The summed E-state index contributed by atoms with van der Waals surface area (Å²) < 4.78 is 15.7. The van der Waals surface area contributed by atoms with Gasteiger partial charge in [-0.25, -0.2) is 9.07 Å². The highest BCUT2D eigenvalue weighted by Crippen LogP contribution is 2.14. The Bertz CT molecular complexity index is 1020. The minimum atomic E-state index is -0.516. The Morgan fingerprint density at radius 1 is 0.900 bits per heavy atom. The molecule has 2 amide bonds. The second-order valence-electron chi connectivity index (χ2n) is 7.30. The van der Waals surface area contributed by atoms with Crippen LogP contribution in [0.3, 0.4) is 0 Å². The highest BCUT2D eigenvalue weighted by molar-refractivity contribution is 5.94. The molecule has 0 radical (unpaired) electrons. The normalized spacial score (nSPS) is 14.4. The van der Waals surface area contributed by atoms with E-state index in [0.717, 1.165) is 11.3 Å². The Morgan fingerprint density at radius 2 is 1.63 bits per heavy atom. The number of halogens is 1. The van der Waals surface area contributed by atoms with Crippen molar-refractivity contribution in [1.29, 1.82) is 0 Å². The van der Waals surface area contributed by atoms with Gasteiger partial charge in [-0.1, -0.05) is 24.3 Å². The minimum absolute atomic E-state index is 0.0297. The number of amides is 2. The van der Waals surface area contributed by atoms with Crippen molar-refractivity contribution in [3.05, 3.63) is 83.9 Å². The van der Waals surface area contributed by atoms with E-state index in [0.29, 0.717) is 39.0 Å². The van der Waals surface area contributed by atoms with Crippen LogP contribution in [-0.2, 0) is 11.2 Å². The van der Waals surface area contributed by atoms with Crippen LogP contribution in [0, 0.1) is 5.82 Å². The molecule has 1 saturated heterocycles. The van der Waals surface area contributed by atoms with Gasteiger partial charge in [-0.3, -0.25) is 9.59 Å². The lowest BCUT2D eigenvalue weighted by molar-refractivity contribution is -0.130. The van der Waals surface area contributed by atoms with Crippen LogP contribution >= 0.6 is 0 Å². The zero-order valence-electron chi connectivity index (χ0n) is 16.6. The van der Waals surface area contributed by atoms with Crippen molar-refractivity contribution in [3.8, 4) is 5.69 Å². The van der Waals surface area contributed by atoms with Crippen LogP contribution in [-0.4, -0.2) is 57.6 Å². The molecule has 3 aromatic rings. The molecule has 2 heterocycles. The molecule has 0 atom stereocenters. The van der Waals surface area contributed by atoms with Gasteiger partial charge in [0.05, 0.1) is 17.7 Å². The van der Waals surface area contributed by atoms with E-state index in [4.69, 9.17) is 0 Å². The number of nitrogens with zero attached hydrogens (tertiary/aromatic N) is 4. The van der Waals surface area contributed by atoms with Gasteiger partial charge in [0.1, 0.15) is 5.82 Å². The lowest BCUT2D eigenvalue weighted by atomic mass is 10.1. The van der Waals surface area contributed by atoms with E-state index in [9.17, 15) is 14.0 Å². The first-order chi connectivity index (χ1) is 14.6. The number of benzene rings is 2. The average Bonchev–Trinajstić information content (AvgIpc) is 3.18. The predicted molar refractivity (Wildman–Crippen MR) is 111 cm³/mol. The summed E-state index contributed by atoms with van der Waals surface area (Å²) in [6.07, 6.45) is 4.56. The molecule has 0 spiro atoms. The van der Waals surface area contributed by atoms with Crippen LogP contribution in [0.1, 0.15) is 22.3 Å². The minimum Gasteiger partial charge on any atom is -0.341 e. The third-order valence-corrected chi connectivity index (χ3v) is 5.30. The number of carbonyl (C=O) groups excluding carboxylic acids is 2. The summed E-state index contributed by atoms with van der Waals surface area (Å²) in [7, 11) is 0. The van der Waals surface area contributed by atoms with Crippen molar-refractivity contribution in [2.75, 3.05) is 26.2 Å². The molecule has 1 fully saturated rings. The number of aromatic nitrogens is 2. The second kappa shape index (κ2) is 8.90. The first-order valence-electron chi connectivity index (χ1n) is 10.0. The standard InChI is InChI=1S/C23H23FN4O2/c24-21-6-2-1-5-20(21)23(30)27-13-4-12-26(15-16-27)22(29)17-18-7-9-19(10-8-18)28-14-3-11-25-28/h1-3,5-11,14H,4,12-13,15-17H2. The quantitative estimate of drug-likeness (QED) is 0.669. The van der Waals surface area contributed by atoms with E-state index in [1.165, 1.54) is 12.1 Å². The highest BCUT2D eigenvalue weighted by atomic mass is 19.1. The molecule has 6 nitrogen and oxygen atoms in total. The van der Waals surface area contributed by atoms with Crippen molar-refractivity contribution in [2.24, 2.45) is 0 Å². The molecule has 0 N–H and O–H groups in total. The van der Waals surface area contributed by atoms with Gasteiger partial charge in [0, 0.05) is 38.6 Å². The Balaban J connectivity index is 1.35.